The van der Waals surface area contributed by atoms with Crippen LogP contribution in [0.2, 0.25) is 4.34 Å². The number of halogens is 3. The molecular formula is C10H8Br2ClNS2. The van der Waals surface area contributed by atoms with E-state index in [1.165, 1.54) is 14.2 Å². The van der Waals surface area contributed by atoms with Gasteiger partial charge in [0.1, 0.15) is 4.34 Å². The highest BCUT2D eigenvalue weighted by Gasteiger charge is 2.05. The molecule has 2 rings (SSSR count). The fourth-order valence-electron chi connectivity index (χ4n) is 1.23. The summed E-state index contributed by atoms with van der Waals surface area (Å²) in [5.74, 6) is 0. The van der Waals surface area contributed by atoms with Crippen molar-refractivity contribution < 1.29 is 0 Å². The Balaban J connectivity index is 1.87. The summed E-state index contributed by atoms with van der Waals surface area (Å²) in [4.78, 5) is 2.56. The van der Waals surface area contributed by atoms with Crippen molar-refractivity contribution in [3.63, 3.8) is 0 Å². The van der Waals surface area contributed by atoms with E-state index in [9.17, 15) is 0 Å². The molecule has 1 nitrogen and oxygen atoms in total. The molecule has 0 aliphatic heterocycles. The second-order valence-electron chi connectivity index (χ2n) is 3.13. The highest BCUT2D eigenvalue weighted by atomic mass is 79.9. The predicted octanol–water partition coefficient (Wildman–Crippen LogP) is 5.28. The van der Waals surface area contributed by atoms with E-state index in [0.29, 0.717) is 0 Å². The van der Waals surface area contributed by atoms with Crippen LogP contribution < -0.4 is 5.32 Å². The second kappa shape index (κ2) is 5.98. The molecule has 1 N–H and O–H groups in total. The van der Waals surface area contributed by atoms with Crippen molar-refractivity contribution in [1.29, 1.82) is 0 Å². The van der Waals surface area contributed by atoms with Crippen molar-refractivity contribution in [3.05, 3.63) is 40.5 Å². The summed E-state index contributed by atoms with van der Waals surface area (Å²) in [6.45, 7) is 1.73. The van der Waals surface area contributed by atoms with Crippen LogP contribution in [-0.2, 0) is 13.1 Å². The van der Waals surface area contributed by atoms with Crippen LogP contribution in [0.5, 0.6) is 0 Å². The van der Waals surface area contributed by atoms with E-state index in [2.05, 4.69) is 54.7 Å². The highest BCUT2D eigenvalue weighted by molar-refractivity contribution is 9.11. The summed E-state index contributed by atoms with van der Waals surface area (Å²) in [6.07, 6.45) is 0. The van der Waals surface area contributed by atoms with Gasteiger partial charge in [-0.1, -0.05) is 11.6 Å². The van der Waals surface area contributed by atoms with E-state index in [4.69, 9.17) is 11.6 Å². The van der Waals surface area contributed by atoms with Gasteiger partial charge in [0, 0.05) is 31.8 Å². The molecule has 0 saturated carbocycles. The van der Waals surface area contributed by atoms with E-state index in [1.807, 2.05) is 0 Å². The molecule has 0 fully saturated rings. The van der Waals surface area contributed by atoms with Crippen molar-refractivity contribution in [2.24, 2.45) is 0 Å². The van der Waals surface area contributed by atoms with Crippen molar-refractivity contribution >= 4 is 66.1 Å². The normalized spacial score (nSPS) is 10.9. The van der Waals surface area contributed by atoms with E-state index in [1.54, 1.807) is 22.7 Å². The van der Waals surface area contributed by atoms with Gasteiger partial charge in [-0.2, -0.15) is 0 Å². The predicted molar refractivity (Wildman–Crippen MR) is 79.6 cm³/mol. The largest absolute Gasteiger partial charge is 0.307 e. The summed E-state index contributed by atoms with van der Waals surface area (Å²) in [7, 11) is 0. The van der Waals surface area contributed by atoms with Gasteiger partial charge in [0.15, 0.2) is 0 Å². The zero-order chi connectivity index (χ0) is 11.5. The Morgan fingerprint density at radius 1 is 1.25 bits per heavy atom. The Morgan fingerprint density at radius 3 is 2.62 bits per heavy atom. The van der Waals surface area contributed by atoms with Gasteiger partial charge < -0.3 is 5.32 Å². The summed E-state index contributed by atoms with van der Waals surface area (Å²) < 4.78 is 2.97. The van der Waals surface area contributed by atoms with Crippen LogP contribution in [0.3, 0.4) is 0 Å². The quantitative estimate of drug-likeness (QED) is 0.735. The van der Waals surface area contributed by atoms with Crippen LogP contribution in [0.1, 0.15) is 9.75 Å². The third kappa shape index (κ3) is 3.31. The van der Waals surface area contributed by atoms with Crippen LogP contribution in [0, 0.1) is 0 Å². The van der Waals surface area contributed by atoms with Gasteiger partial charge >= 0.3 is 0 Å². The van der Waals surface area contributed by atoms with Crippen LogP contribution in [0.15, 0.2) is 26.5 Å². The summed E-state index contributed by atoms with van der Waals surface area (Å²) in [6, 6.07) is 4.13. The van der Waals surface area contributed by atoms with Crippen molar-refractivity contribution in [2.75, 3.05) is 0 Å². The lowest BCUT2D eigenvalue weighted by atomic mass is 10.4. The lowest BCUT2D eigenvalue weighted by Gasteiger charge is -2.01. The minimum Gasteiger partial charge on any atom is -0.307 e. The van der Waals surface area contributed by atoms with E-state index in [-0.39, 0.29) is 0 Å². The van der Waals surface area contributed by atoms with Crippen LogP contribution >= 0.6 is 66.1 Å². The van der Waals surface area contributed by atoms with Crippen molar-refractivity contribution in [1.82, 2.24) is 5.32 Å². The van der Waals surface area contributed by atoms with Crippen molar-refractivity contribution in [2.45, 2.75) is 13.1 Å². The fourth-order valence-corrected chi connectivity index (χ4v) is 4.45. The molecule has 0 aliphatic carbocycles. The molecule has 0 bridgehead atoms. The molecule has 0 radical (unpaired) electrons. The first-order valence-corrected chi connectivity index (χ1v) is 8.19. The van der Waals surface area contributed by atoms with E-state index < -0.39 is 0 Å². The lowest BCUT2D eigenvalue weighted by molar-refractivity contribution is 0.707. The summed E-state index contributed by atoms with van der Waals surface area (Å²) >= 11 is 16.2. The second-order valence-corrected chi connectivity index (χ2v) is 7.58. The summed E-state index contributed by atoms with van der Waals surface area (Å²) in [5, 5.41) is 5.48. The first-order valence-electron chi connectivity index (χ1n) is 4.53. The Morgan fingerprint density at radius 2 is 2.06 bits per heavy atom. The van der Waals surface area contributed by atoms with E-state index >= 15 is 0 Å². The molecule has 0 atom stereocenters. The SMILES string of the molecule is Clc1sc(CNCc2sccc2Br)cc1Br. The van der Waals surface area contributed by atoms with Crippen LogP contribution in [-0.4, -0.2) is 0 Å². The zero-order valence-electron chi connectivity index (χ0n) is 8.10. The number of rotatable bonds is 4. The molecule has 0 unspecified atom stereocenters. The van der Waals surface area contributed by atoms with Gasteiger partial charge in [-0.3, -0.25) is 0 Å². The van der Waals surface area contributed by atoms with Gasteiger partial charge in [-0.15, -0.1) is 22.7 Å². The van der Waals surface area contributed by atoms with Crippen molar-refractivity contribution in [3.8, 4) is 0 Å². The Kier molecular flexibility index (Phi) is 4.88. The maximum Gasteiger partial charge on any atom is 0.107 e. The topological polar surface area (TPSA) is 12.0 Å². The number of hydrogen-bond acceptors (Lipinski definition) is 3. The number of hydrogen-bond donors (Lipinski definition) is 1. The van der Waals surface area contributed by atoms with Gasteiger partial charge in [0.05, 0.1) is 0 Å². The standard InChI is InChI=1S/C10H8Br2ClNS2/c11-7-1-2-15-9(7)5-14-4-6-3-8(12)10(13)16-6/h1-3,14H,4-5H2. The molecule has 2 aromatic heterocycles. The number of nitrogens with one attached hydrogen (secondary N) is 1. The third-order valence-electron chi connectivity index (χ3n) is 1.97. The molecule has 86 valence electrons. The highest BCUT2D eigenvalue weighted by Crippen LogP contribution is 2.32. The maximum atomic E-state index is 5.97. The molecule has 0 amide bonds. The minimum atomic E-state index is 0.814. The molecule has 0 aliphatic rings. The molecular weight excluding hydrogens is 394 g/mol. The zero-order valence-corrected chi connectivity index (χ0v) is 13.7. The van der Waals surface area contributed by atoms with Crippen LogP contribution in [0.4, 0.5) is 0 Å². The third-order valence-corrected chi connectivity index (χ3v) is 6.37. The number of thiophene rings is 2. The molecule has 6 heteroatoms. The van der Waals surface area contributed by atoms with Gasteiger partial charge in [0.2, 0.25) is 0 Å². The summed E-state index contributed by atoms with van der Waals surface area (Å²) in [5.41, 5.74) is 0. The Hall–Kier alpha value is 0.610. The van der Waals surface area contributed by atoms with Gasteiger partial charge in [0.25, 0.3) is 0 Å². The Bertz CT molecular complexity index is 461. The molecule has 2 heterocycles. The molecule has 0 aromatic carbocycles. The van der Waals surface area contributed by atoms with Gasteiger partial charge in [-0.25, -0.2) is 0 Å². The first kappa shape index (κ1) is 13.1. The average molecular weight is 402 g/mol. The molecule has 2 aromatic rings. The van der Waals surface area contributed by atoms with E-state index in [0.717, 1.165) is 21.9 Å². The lowest BCUT2D eigenvalue weighted by Crippen LogP contribution is -2.10. The smallest absolute Gasteiger partial charge is 0.107 e. The minimum absolute atomic E-state index is 0.814. The molecule has 0 saturated heterocycles. The molecule has 0 spiro atoms. The maximum absolute atomic E-state index is 5.97. The fraction of sp³-hybridized carbons (Fsp3) is 0.200. The average Bonchev–Trinajstić information content (AvgIpc) is 2.76. The first-order chi connectivity index (χ1) is 7.66. The molecule has 16 heavy (non-hydrogen) atoms. The van der Waals surface area contributed by atoms with Crippen LogP contribution in [0.25, 0.3) is 0 Å². The van der Waals surface area contributed by atoms with Gasteiger partial charge in [-0.05, 0) is 49.4 Å². The Labute approximate surface area is 124 Å². The monoisotopic (exact) mass is 399 g/mol.